The normalized spacial score (nSPS) is 11.7. The minimum atomic E-state index is -4.49. The molecule has 0 aliphatic heterocycles. The van der Waals surface area contributed by atoms with Crippen molar-refractivity contribution in [2.24, 2.45) is 10.8 Å². The van der Waals surface area contributed by atoms with Gasteiger partial charge in [0.1, 0.15) is 0 Å². The molecule has 24 heavy (non-hydrogen) atoms. The second-order valence-corrected chi connectivity index (χ2v) is 6.39. The highest BCUT2D eigenvalue weighted by Crippen LogP contribution is 2.35. The topological polar surface area (TPSA) is 63.3 Å². The van der Waals surface area contributed by atoms with Gasteiger partial charge in [-0.1, -0.05) is 23.4 Å². The summed E-state index contributed by atoms with van der Waals surface area (Å²) in [6, 6.07) is 7.69. The van der Waals surface area contributed by atoms with Crippen LogP contribution in [0.5, 0.6) is 0 Å². The summed E-state index contributed by atoms with van der Waals surface area (Å²) in [5, 5.41) is 4.20. The molecule has 0 atom stereocenters. The molecule has 0 unspecified atom stereocenters. The van der Waals surface area contributed by atoms with E-state index in [0.29, 0.717) is 9.92 Å². The van der Waals surface area contributed by atoms with E-state index in [0.717, 1.165) is 24.0 Å². The molecule has 0 fully saturated rings. The molecule has 0 bridgehead atoms. The number of alkyl halides is 3. The van der Waals surface area contributed by atoms with Crippen LogP contribution in [-0.2, 0) is 6.18 Å². The summed E-state index contributed by atoms with van der Waals surface area (Å²) in [5.41, 5.74) is 6.95. The van der Waals surface area contributed by atoms with Gasteiger partial charge in [0.05, 0.1) is 17.5 Å². The fraction of sp³-hybridized carbons (Fsp3) is 0.0714. The van der Waals surface area contributed by atoms with Crippen LogP contribution in [0, 0.1) is 0 Å². The summed E-state index contributed by atoms with van der Waals surface area (Å²) in [5.74, 6) is 0. The van der Waals surface area contributed by atoms with Crippen molar-refractivity contribution in [3.8, 4) is 0 Å². The van der Waals surface area contributed by atoms with Crippen LogP contribution in [0.2, 0.25) is 5.02 Å². The first kappa shape index (κ1) is 18.5. The lowest BCUT2D eigenvalue weighted by Gasteiger charge is -2.10. The lowest BCUT2D eigenvalue weighted by Crippen LogP contribution is -2.24. The molecule has 1 heterocycles. The third kappa shape index (κ3) is 5.36. The molecule has 3 N–H and O–H groups in total. The Morgan fingerprint density at radius 3 is 2.58 bits per heavy atom. The van der Waals surface area contributed by atoms with Crippen LogP contribution in [0.15, 0.2) is 51.4 Å². The molecular weight excluding hydrogens is 381 g/mol. The Labute approximate surface area is 150 Å². The lowest BCUT2D eigenvalue weighted by molar-refractivity contribution is -0.138. The number of rotatable bonds is 4. The summed E-state index contributed by atoms with van der Waals surface area (Å²) < 4.78 is 38.7. The monoisotopic (exact) mass is 390 g/mol. The first-order chi connectivity index (χ1) is 11.3. The Balaban J connectivity index is 2.37. The van der Waals surface area contributed by atoms with Gasteiger partial charge < -0.3 is 5.73 Å². The highest BCUT2D eigenvalue weighted by atomic mass is 35.5. The second kappa shape index (κ2) is 7.82. The van der Waals surface area contributed by atoms with Gasteiger partial charge in [-0.05, 0) is 42.5 Å². The highest BCUT2D eigenvalue weighted by molar-refractivity contribution is 7.99. The van der Waals surface area contributed by atoms with Crippen LogP contribution >= 0.6 is 35.6 Å². The molecule has 2 aromatic rings. The van der Waals surface area contributed by atoms with Crippen LogP contribution in [0.3, 0.4) is 0 Å². The van der Waals surface area contributed by atoms with Crippen molar-refractivity contribution in [1.82, 2.24) is 10.4 Å². The molecule has 0 radical (unpaired) electrons. The molecule has 2 rings (SSSR count). The van der Waals surface area contributed by atoms with Gasteiger partial charge in [-0.25, -0.2) is 0 Å². The summed E-state index contributed by atoms with van der Waals surface area (Å²) in [6.45, 7) is 0. The number of hydrogen-bond acceptors (Lipinski definition) is 4. The van der Waals surface area contributed by atoms with Gasteiger partial charge in [-0.2, -0.15) is 18.3 Å². The largest absolute Gasteiger partial charge is 0.417 e. The van der Waals surface area contributed by atoms with E-state index in [-0.39, 0.29) is 15.7 Å². The van der Waals surface area contributed by atoms with Gasteiger partial charge in [-0.3, -0.25) is 10.4 Å². The molecule has 1 aromatic heterocycles. The molecule has 10 heteroatoms. The third-order valence-electron chi connectivity index (χ3n) is 2.61. The van der Waals surface area contributed by atoms with Gasteiger partial charge in [-0.15, -0.1) is 0 Å². The van der Waals surface area contributed by atoms with Crippen molar-refractivity contribution in [1.29, 1.82) is 0 Å². The predicted octanol–water partition coefficient (Wildman–Crippen LogP) is 4.07. The number of aromatic nitrogens is 1. The van der Waals surface area contributed by atoms with E-state index in [1.165, 1.54) is 6.21 Å². The van der Waals surface area contributed by atoms with Crippen molar-refractivity contribution < 1.29 is 13.2 Å². The van der Waals surface area contributed by atoms with E-state index < -0.39 is 11.7 Å². The van der Waals surface area contributed by atoms with Crippen LogP contribution in [0.1, 0.15) is 11.3 Å². The maximum atomic E-state index is 12.9. The van der Waals surface area contributed by atoms with Gasteiger partial charge in [0.2, 0.25) is 0 Å². The lowest BCUT2D eigenvalue weighted by atomic mass is 10.2. The number of nitrogens with one attached hydrogen (secondary N) is 1. The van der Waals surface area contributed by atoms with Crippen LogP contribution in [-0.4, -0.2) is 16.3 Å². The second-order valence-electron chi connectivity index (χ2n) is 4.40. The zero-order chi connectivity index (χ0) is 17.7. The van der Waals surface area contributed by atoms with Crippen LogP contribution in [0.25, 0.3) is 0 Å². The highest BCUT2D eigenvalue weighted by Gasteiger charge is 2.31. The van der Waals surface area contributed by atoms with Gasteiger partial charge in [0, 0.05) is 21.0 Å². The van der Waals surface area contributed by atoms with Crippen molar-refractivity contribution in [2.45, 2.75) is 16.0 Å². The average molecular weight is 391 g/mol. The number of pyridine rings is 1. The molecule has 0 spiro atoms. The number of nitrogens with zero attached hydrogens (tertiary/aromatic N) is 2. The van der Waals surface area contributed by atoms with Gasteiger partial charge in [0.15, 0.2) is 5.11 Å². The predicted molar refractivity (Wildman–Crippen MR) is 92.3 cm³/mol. The van der Waals surface area contributed by atoms with E-state index in [1.807, 2.05) is 0 Å². The summed E-state index contributed by atoms with van der Waals surface area (Å²) >= 11 is 11.5. The summed E-state index contributed by atoms with van der Waals surface area (Å²) in [4.78, 5) is 4.80. The Kier molecular flexibility index (Phi) is 6.03. The Morgan fingerprint density at radius 1 is 1.33 bits per heavy atom. The van der Waals surface area contributed by atoms with E-state index in [4.69, 9.17) is 17.3 Å². The number of benzene rings is 1. The summed E-state index contributed by atoms with van der Waals surface area (Å²) in [6.07, 6.45) is -2.50. The maximum Gasteiger partial charge on any atom is 0.417 e. The quantitative estimate of drug-likeness (QED) is 0.468. The SMILES string of the molecule is NC(=S)NN=Cc1ncc(C(F)(F)F)cc1Sc1ccc(Cl)cc1. The van der Waals surface area contributed by atoms with E-state index in [1.54, 1.807) is 24.3 Å². The van der Waals surface area contributed by atoms with E-state index >= 15 is 0 Å². The third-order valence-corrected chi connectivity index (χ3v) is 4.01. The van der Waals surface area contributed by atoms with Crippen molar-refractivity contribution >= 4 is 46.9 Å². The Morgan fingerprint density at radius 2 is 2.00 bits per heavy atom. The fourth-order valence-corrected chi connectivity index (χ4v) is 2.68. The van der Waals surface area contributed by atoms with Crippen molar-refractivity contribution in [3.05, 3.63) is 52.8 Å². The molecule has 0 saturated heterocycles. The first-order valence-corrected chi connectivity index (χ1v) is 7.95. The zero-order valence-electron chi connectivity index (χ0n) is 11.8. The Bertz CT molecular complexity index is 764. The Hall–Kier alpha value is -1.84. The van der Waals surface area contributed by atoms with Crippen LogP contribution < -0.4 is 11.2 Å². The zero-order valence-corrected chi connectivity index (χ0v) is 14.2. The number of thiocarbonyl (C=S) groups is 1. The van der Waals surface area contributed by atoms with E-state index in [9.17, 15) is 13.2 Å². The number of halogens is 4. The number of hydrogen-bond donors (Lipinski definition) is 2. The van der Waals surface area contributed by atoms with Crippen molar-refractivity contribution in [3.63, 3.8) is 0 Å². The average Bonchev–Trinajstić information content (AvgIpc) is 2.49. The molecule has 126 valence electrons. The molecule has 0 saturated carbocycles. The van der Waals surface area contributed by atoms with Crippen molar-refractivity contribution in [2.75, 3.05) is 0 Å². The minimum Gasteiger partial charge on any atom is -0.375 e. The van der Waals surface area contributed by atoms with Crippen LogP contribution in [0.4, 0.5) is 13.2 Å². The molecule has 0 aliphatic carbocycles. The fourth-order valence-electron chi connectivity index (χ4n) is 1.58. The number of hydrazone groups is 1. The molecule has 4 nitrogen and oxygen atoms in total. The summed E-state index contributed by atoms with van der Waals surface area (Å²) in [7, 11) is 0. The number of nitrogens with two attached hydrogens (primary N) is 1. The smallest absolute Gasteiger partial charge is 0.375 e. The van der Waals surface area contributed by atoms with Gasteiger partial charge in [0.25, 0.3) is 0 Å². The van der Waals surface area contributed by atoms with E-state index in [2.05, 4.69) is 27.7 Å². The standard InChI is InChI=1S/C14H10ClF3N4S2/c15-9-1-3-10(4-2-9)24-12-5-8(14(16,17)18)6-20-11(12)7-21-22-13(19)23/h1-7H,(H3,19,22,23). The molecule has 0 aliphatic rings. The minimum absolute atomic E-state index is 0.0648. The first-order valence-electron chi connectivity index (χ1n) is 6.35. The molecular formula is C14H10ClF3N4S2. The maximum absolute atomic E-state index is 12.9. The molecule has 0 amide bonds. The van der Waals surface area contributed by atoms with Gasteiger partial charge >= 0.3 is 6.18 Å². The molecule has 1 aromatic carbocycles.